The van der Waals surface area contributed by atoms with Gasteiger partial charge in [-0.15, -0.1) is 0 Å². The first-order valence-corrected chi connectivity index (χ1v) is 8.66. The van der Waals surface area contributed by atoms with Gasteiger partial charge >= 0.3 is 5.56 Å². The van der Waals surface area contributed by atoms with Crippen LogP contribution in [0.4, 0.5) is 29.2 Å². The highest BCUT2D eigenvalue weighted by Gasteiger charge is 2.16. The fraction of sp³-hybridized carbons (Fsp3) is 0.150. The lowest BCUT2D eigenvalue weighted by atomic mass is 10.2. The Morgan fingerprint density at radius 3 is 2.52 bits per heavy atom. The second kappa shape index (κ2) is 7.16. The number of fused-ring (bicyclic) bond motifs is 1. The van der Waals surface area contributed by atoms with E-state index >= 15 is 0 Å². The van der Waals surface area contributed by atoms with Crippen LogP contribution in [-0.4, -0.2) is 14.5 Å². The molecule has 0 radical (unpaired) electrons. The number of aromatic nitrogens is 3. The SMILES string of the molecule is Cc1nc2c(cc1Nc1nc(=O)c(F)cn1Cc1cc(F)c(F)c(F)c1)C=CC2. The second-order valence-electron chi connectivity index (χ2n) is 6.61. The average Bonchev–Trinajstić information content (AvgIpc) is 3.11. The van der Waals surface area contributed by atoms with Crippen LogP contribution in [0.25, 0.3) is 6.08 Å². The number of pyridine rings is 1. The number of aryl methyl sites for hydroxylation is 1. The summed E-state index contributed by atoms with van der Waals surface area (Å²) in [6.45, 7) is 1.51. The third-order valence-corrected chi connectivity index (χ3v) is 4.53. The summed E-state index contributed by atoms with van der Waals surface area (Å²) in [4.78, 5) is 19.9. The number of hydrogen-bond acceptors (Lipinski definition) is 4. The molecule has 148 valence electrons. The lowest BCUT2D eigenvalue weighted by Gasteiger charge is -2.16. The van der Waals surface area contributed by atoms with Crippen molar-refractivity contribution in [1.82, 2.24) is 14.5 Å². The van der Waals surface area contributed by atoms with Crippen molar-refractivity contribution in [3.63, 3.8) is 0 Å². The highest BCUT2D eigenvalue weighted by Crippen LogP contribution is 2.26. The Morgan fingerprint density at radius 2 is 1.79 bits per heavy atom. The molecule has 0 atom stereocenters. The van der Waals surface area contributed by atoms with Crippen LogP contribution in [0.2, 0.25) is 0 Å². The van der Waals surface area contributed by atoms with Crippen LogP contribution in [0.3, 0.4) is 0 Å². The van der Waals surface area contributed by atoms with Crippen molar-refractivity contribution in [2.24, 2.45) is 0 Å². The summed E-state index contributed by atoms with van der Waals surface area (Å²) in [7, 11) is 0. The summed E-state index contributed by atoms with van der Waals surface area (Å²) in [5.74, 6) is -5.51. The largest absolute Gasteiger partial charge is 0.324 e. The molecule has 0 aliphatic heterocycles. The van der Waals surface area contributed by atoms with E-state index in [0.29, 0.717) is 11.4 Å². The Balaban J connectivity index is 1.74. The smallest absolute Gasteiger partial charge is 0.310 e. The molecule has 1 aliphatic carbocycles. The van der Waals surface area contributed by atoms with E-state index < -0.39 is 28.8 Å². The van der Waals surface area contributed by atoms with E-state index in [-0.39, 0.29) is 18.1 Å². The molecule has 3 aromatic rings. The van der Waals surface area contributed by atoms with Gasteiger partial charge in [0.25, 0.3) is 0 Å². The highest BCUT2D eigenvalue weighted by atomic mass is 19.2. The predicted molar refractivity (Wildman–Crippen MR) is 98.9 cm³/mol. The third-order valence-electron chi connectivity index (χ3n) is 4.53. The molecule has 0 bridgehead atoms. The molecule has 4 rings (SSSR count). The minimum Gasteiger partial charge on any atom is -0.324 e. The van der Waals surface area contributed by atoms with E-state index in [9.17, 15) is 22.4 Å². The van der Waals surface area contributed by atoms with Gasteiger partial charge in [-0.05, 0) is 36.2 Å². The topological polar surface area (TPSA) is 59.8 Å². The number of nitrogens with zero attached hydrogens (tertiary/aromatic N) is 3. The van der Waals surface area contributed by atoms with Gasteiger partial charge in [0.1, 0.15) is 0 Å². The Bertz CT molecular complexity index is 1200. The van der Waals surface area contributed by atoms with E-state index in [0.717, 1.165) is 36.0 Å². The summed E-state index contributed by atoms with van der Waals surface area (Å²) in [6.07, 6.45) is 5.46. The Kier molecular flexibility index (Phi) is 4.65. The number of allylic oxidation sites excluding steroid dienone is 1. The third kappa shape index (κ3) is 3.63. The molecule has 0 spiro atoms. The minimum absolute atomic E-state index is 0.0287. The van der Waals surface area contributed by atoms with Gasteiger partial charge in [-0.3, -0.25) is 9.78 Å². The Morgan fingerprint density at radius 1 is 1.07 bits per heavy atom. The molecule has 0 amide bonds. The van der Waals surface area contributed by atoms with Gasteiger partial charge in [0, 0.05) is 12.6 Å². The van der Waals surface area contributed by atoms with Crippen molar-refractivity contribution in [3.05, 3.63) is 86.6 Å². The highest BCUT2D eigenvalue weighted by molar-refractivity contribution is 5.67. The van der Waals surface area contributed by atoms with Crippen molar-refractivity contribution in [2.75, 3.05) is 5.32 Å². The standard InChI is InChI=1S/C20H14F4N4O/c1-10-17(7-12-3-2-4-16(12)25-10)26-20-27-19(29)15(23)9-28(20)8-11-5-13(21)18(24)14(22)6-11/h2-3,5-7,9H,4,8H2,1H3,(H,26,27,29). The molecule has 0 saturated carbocycles. The maximum atomic E-state index is 13.8. The monoisotopic (exact) mass is 402 g/mol. The van der Waals surface area contributed by atoms with Gasteiger partial charge in [0.2, 0.25) is 11.8 Å². The molecule has 9 heteroatoms. The predicted octanol–water partition coefficient (Wildman–Crippen LogP) is 3.86. The molecule has 0 saturated heterocycles. The molecule has 1 N–H and O–H groups in total. The van der Waals surface area contributed by atoms with Crippen molar-refractivity contribution in [2.45, 2.75) is 19.9 Å². The van der Waals surface area contributed by atoms with Crippen LogP contribution in [0.15, 0.2) is 35.3 Å². The maximum Gasteiger partial charge on any atom is 0.310 e. The zero-order chi connectivity index (χ0) is 20.7. The maximum absolute atomic E-state index is 13.8. The van der Waals surface area contributed by atoms with E-state index in [1.807, 2.05) is 18.2 Å². The molecular formula is C20H14F4N4O. The minimum atomic E-state index is -1.59. The molecule has 5 nitrogen and oxygen atoms in total. The fourth-order valence-electron chi connectivity index (χ4n) is 3.11. The second-order valence-corrected chi connectivity index (χ2v) is 6.61. The van der Waals surface area contributed by atoms with Gasteiger partial charge in [0.15, 0.2) is 17.5 Å². The normalized spacial score (nSPS) is 12.3. The first kappa shape index (κ1) is 18.9. The van der Waals surface area contributed by atoms with E-state index in [2.05, 4.69) is 15.3 Å². The van der Waals surface area contributed by atoms with Crippen molar-refractivity contribution in [3.8, 4) is 0 Å². The zero-order valence-corrected chi connectivity index (χ0v) is 15.1. The molecule has 29 heavy (non-hydrogen) atoms. The molecular weight excluding hydrogens is 388 g/mol. The number of hydrogen-bond donors (Lipinski definition) is 1. The number of anilines is 2. The van der Waals surface area contributed by atoms with Crippen molar-refractivity contribution in [1.29, 1.82) is 0 Å². The first-order valence-electron chi connectivity index (χ1n) is 8.66. The quantitative estimate of drug-likeness (QED) is 0.532. The van der Waals surface area contributed by atoms with Gasteiger partial charge in [-0.25, -0.2) is 13.2 Å². The molecule has 0 unspecified atom stereocenters. The van der Waals surface area contributed by atoms with Crippen LogP contribution in [0.1, 0.15) is 22.5 Å². The van der Waals surface area contributed by atoms with Crippen molar-refractivity contribution >= 4 is 17.7 Å². The lowest BCUT2D eigenvalue weighted by molar-refractivity contribution is 0.444. The zero-order valence-electron chi connectivity index (χ0n) is 15.1. The summed E-state index contributed by atoms with van der Waals surface area (Å²) < 4.78 is 55.2. The van der Waals surface area contributed by atoms with E-state index in [4.69, 9.17) is 0 Å². The number of halogens is 4. The fourth-order valence-corrected chi connectivity index (χ4v) is 3.11. The Hall–Kier alpha value is -3.49. The summed E-state index contributed by atoms with van der Waals surface area (Å²) in [6, 6.07) is 3.41. The molecule has 2 heterocycles. The van der Waals surface area contributed by atoms with Gasteiger partial charge in [0.05, 0.1) is 23.6 Å². The molecule has 0 fully saturated rings. The van der Waals surface area contributed by atoms with Crippen LogP contribution < -0.4 is 10.9 Å². The van der Waals surface area contributed by atoms with E-state index in [1.54, 1.807) is 6.92 Å². The summed E-state index contributed by atoms with van der Waals surface area (Å²) in [5.41, 5.74) is 1.93. The number of nitrogens with one attached hydrogen (secondary N) is 1. The van der Waals surface area contributed by atoms with Crippen LogP contribution >= 0.6 is 0 Å². The van der Waals surface area contributed by atoms with Crippen LogP contribution in [0.5, 0.6) is 0 Å². The number of benzene rings is 1. The Labute approximate surface area is 162 Å². The molecule has 1 aromatic carbocycles. The van der Waals surface area contributed by atoms with E-state index in [1.165, 1.54) is 4.57 Å². The summed E-state index contributed by atoms with van der Waals surface area (Å²) in [5, 5.41) is 2.93. The molecule has 1 aliphatic rings. The summed E-state index contributed by atoms with van der Waals surface area (Å²) >= 11 is 0. The van der Waals surface area contributed by atoms with Crippen molar-refractivity contribution < 1.29 is 17.6 Å². The average molecular weight is 402 g/mol. The van der Waals surface area contributed by atoms with Gasteiger partial charge in [-0.2, -0.15) is 9.37 Å². The van der Waals surface area contributed by atoms with Gasteiger partial charge in [-0.1, -0.05) is 12.2 Å². The van der Waals surface area contributed by atoms with Crippen LogP contribution in [0, 0.1) is 30.2 Å². The van der Waals surface area contributed by atoms with Crippen LogP contribution in [-0.2, 0) is 13.0 Å². The number of rotatable bonds is 4. The molecule has 2 aromatic heterocycles. The van der Waals surface area contributed by atoms with Gasteiger partial charge < -0.3 is 9.88 Å². The first-order chi connectivity index (χ1) is 13.8. The lowest BCUT2D eigenvalue weighted by Crippen LogP contribution is -2.20.